The second kappa shape index (κ2) is 10.2. The number of halogens is 2. The Kier molecular flexibility index (Phi) is 8.16. The van der Waals surface area contributed by atoms with E-state index in [1.165, 1.54) is 4.90 Å². The molecule has 7 heteroatoms. The van der Waals surface area contributed by atoms with Gasteiger partial charge in [-0.15, -0.1) is 0 Å². The highest BCUT2D eigenvalue weighted by atomic mass is 35.5. The number of hydrogen-bond acceptors (Lipinski definition) is 3. The molecule has 0 aliphatic heterocycles. The largest absolute Gasteiger partial charge is 0.482 e. The van der Waals surface area contributed by atoms with E-state index < -0.39 is 11.6 Å². The quantitative estimate of drug-likeness (QED) is 0.644. The molecule has 2 aromatic rings. The van der Waals surface area contributed by atoms with Gasteiger partial charge in [-0.3, -0.25) is 9.59 Å². The maximum Gasteiger partial charge on any atom is 0.261 e. The topological polar surface area (TPSA) is 58.6 Å². The Labute approximate surface area is 188 Å². The molecule has 0 heterocycles. The van der Waals surface area contributed by atoms with Gasteiger partial charge in [-0.25, -0.2) is 0 Å². The summed E-state index contributed by atoms with van der Waals surface area (Å²) in [6.07, 6.45) is 0. The number of nitrogens with one attached hydrogen (secondary N) is 1. The first-order chi connectivity index (χ1) is 14.0. The average Bonchev–Trinajstić information content (AvgIpc) is 2.64. The molecule has 1 unspecified atom stereocenters. The van der Waals surface area contributed by atoms with Gasteiger partial charge in [0, 0.05) is 17.1 Å². The summed E-state index contributed by atoms with van der Waals surface area (Å²) in [6, 6.07) is 11.9. The molecule has 0 fully saturated rings. The predicted octanol–water partition coefficient (Wildman–Crippen LogP) is 5.01. The minimum atomic E-state index is -0.680. The Bertz CT molecular complexity index is 910. The SMILES string of the molecule is Cc1ccccc1CN(C(=O)COc1ccc(Cl)cc1Cl)C(C)C(=O)NC(C)(C)C. The summed E-state index contributed by atoms with van der Waals surface area (Å²) < 4.78 is 5.62. The van der Waals surface area contributed by atoms with Gasteiger partial charge in [0.05, 0.1) is 5.02 Å². The molecular formula is C23H28Cl2N2O3. The van der Waals surface area contributed by atoms with Crippen LogP contribution in [0, 0.1) is 6.92 Å². The van der Waals surface area contributed by atoms with Crippen molar-refractivity contribution in [1.29, 1.82) is 0 Å². The lowest BCUT2D eigenvalue weighted by Gasteiger charge is -2.31. The Morgan fingerprint density at radius 2 is 1.80 bits per heavy atom. The molecule has 2 amide bonds. The summed E-state index contributed by atoms with van der Waals surface area (Å²) in [6.45, 7) is 9.43. The monoisotopic (exact) mass is 450 g/mol. The molecule has 0 aliphatic carbocycles. The van der Waals surface area contributed by atoms with Gasteiger partial charge in [-0.05, 0) is 63.9 Å². The van der Waals surface area contributed by atoms with Gasteiger partial charge in [-0.2, -0.15) is 0 Å². The van der Waals surface area contributed by atoms with Gasteiger partial charge in [0.15, 0.2) is 6.61 Å². The highest BCUT2D eigenvalue weighted by Gasteiger charge is 2.29. The minimum absolute atomic E-state index is 0.228. The van der Waals surface area contributed by atoms with Crippen LogP contribution in [-0.2, 0) is 16.1 Å². The van der Waals surface area contributed by atoms with Crippen molar-refractivity contribution >= 4 is 35.0 Å². The molecule has 0 saturated carbocycles. The van der Waals surface area contributed by atoms with Crippen molar-refractivity contribution in [3.63, 3.8) is 0 Å². The van der Waals surface area contributed by atoms with E-state index in [0.29, 0.717) is 22.3 Å². The third-order valence-electron chi connectivity index (χ3n) is 4.51. The highest BCUT2D eigenvalue weighted by molar-refractivity contribution is 6.35. The molecule has 1 atom stereocenters. The Hall–Kier alpha value is -2.24. The van der Waals surface area contributed by atoms with Crippen LogP contribution < -0.4 is 10.1 Å². The highest BCUT2D eigenvalue weighted by Crippen LogP contribution is 2.27. The van der Waals surface area contributed by atoms with Gasteiger partial charge < -0.3 is 15.0 Å². The molecule has 162 valence electrons. The fourth-order valence-corrected chi connectivity index (χ4v) is 3.31. The van der Waals surface area contributed by atoms with Crippen molar-refractivity contribution in [3.8, 4) is 5.75 Å². The van der Waals surface area contributed by atoms with Crippen molar-refractivity contribution in [2.75, 3.05) is 6.61 Å². The van der Waals surface area contributed by atoms with Gasteiger partial charge in [0.2, 0.25) is 5.91 Å². The van der Waals surface area contributed by atoms with Crippen molar-refractivity contribution in [2.24, 2.45) is 0 Å². The standard InChI is InChI=1S/C23H28Cl2N2O3/c1-15-8-6-7-9-17(15)13-27(16(2)22(29)26-23(3,4)5)21(28)14-30-20-11-10-18(24)12-19(20)25/h6-12,16H,13-14H2,1-5H3,(H,26,29). The van der Waals surface area contributed by atoms with Crippen LogP contribution in [0.3, 0.4) is 0 Å². The van der Waals surface area contributed by atoms with Crippen LogP contribution in [0.2, 0.25) is 10.0 Å². The lowest BCUT2D eigenvalue weighted by atomic mass is 10.1. The summed E-state index contributed by atoms with van der Waals surface area (Å²) >= 11 is 12.0. The van der Waals surface area contributed by atoms with E-state index in [-0.39, 0.29) is 18.4 Å². The molecule has 2 rings (SSSR count). The predicted molar refractivity (Wildman–Crippen MR) is 121 cm³/mol. The molecule has 0 saturated heterocycles. The van der Waals surface area contributed by atoms with Crippen LogP contribution in [0.15, 0.2) is 42.5 Å². The lowest BCUT2D eigenvalue weighted by molar-refractivity contribution is -0.142. The van der Waals surface area contributed by atoms with Crippen LogP contribution in [0.5, 0.6) is 5.75 Å². The second-order valence-corrected chi connectivity index (χ2v) is 9.07. The molecular weight excluding hydrogens is 423 g/mol. The molecule has 0 aromatic heterocycles. The number of amides is 2. The van der Waals surface area contributed by atoms with E-state index in [1.54, 1.807) is 25.1 Å². The minimum Gasteiger partial charge on any atom is -0.482 e. The second-order valence-electron chi connectivity index (χ2n) is 8.23. The number of carbonyl (C=O) groups excluding carboxylic acids is 2. The summed E-state index contributed by atoms with van der Waals surface area (Å²) in [4.78, 5) is 27.4. The molecule has 30 heavy (non-hydrogen) atoms. The Balaban J connectivity index is 2.21. The van der Waals surface area contributed by atoms with Crippen LogP contribution in [0.25, 0.3) is 0 Å². The zero-order valence-electron chi connectivity index (χ0n) is 18.0. The Morgan fingerprint density at radius 3 is 2.40 bits per heavy atom. The van der Waals surface area contributed by atoms with E-state index >= 15 is 0 Å². The number of aryl methyl sites for hydroxylation is 1. The molecule has 0 aliphatic rings. The molecule has 0 bridgehead atoms. The average molecular weight is 451 g/mol. The smallest absolute Gasteiger partial charge is 0.261 e. The van der Waals surface area contributed by atoms with Gasteiger partial charge in [-0.1, -0.05) is 47.5 Å². The zero-order valence-corrected chi connectivity index (χ0v) is 19.5. The van der Waals surface area contributed by atoms with Crippen molar-refractivity contribution in [2.45, 2.75) is 52.7 Å². The van der Waals surface area contributed by atoms with E-state index in [4.69, 9.17) is 27.9 Å². The first-order valence-electron chi connectivity index (χ1n) is 9.72. The third kappa shape index (κ3) is 6.92. The lowest BCUT2D eigenvalue weighted by Crippen LogP contribution is -2.53. The summed E-state index contributed by atoms with van der Waals surface area (Å²) in [5.41, 5.74) is 1.60. The van der Waals surface area contributed by atoms with E-state index in [2.05, 4.69) is 5.32 Å². The third-order valence-corrected chi connectivity index (χ3v) is 5.04. The summed E-state index contributed by atoms with van der Waals surface area (Å²) in [5, 5.41) is 3.73. The van der Waals surface area contributed by atoms with Crippen molar-refractivity contribution in [3.05, 3.63) is 63.6 Å². The van der Waals surface area contributed by atoms with Crippen molar-refractivity contribution < 1.29 is 14.3 Å². The van der Waals surface area contributed by atoms with Crippen LogP contribution in [0.1, 0.15) is 38.8 Å². The summed E-state index contributed by atoms with van der Waals surface area (Å²) in [7, 11) is 0. The first-order valence-corrected chi connectivity index (χ1v) is 10.5. The maximum atomic E-state index is 13.1. The normalized spacial score (nSPS) is 12.2. The fraction of sp³-hybridized carbons (Fsp3) is 0.391. The molecule has 0 spiro atoms. The number of benzene rings is 2. The maximum absolute atomic E-state index is 13.1. The first kappa shape index (κ1) is 24.0. The molecule has 1 N–H and O–H groups in total. The van der Waals surface area contributed by atoms with E-state index in [1.807, 2.05) is 52.0 Å². The number of nitrogens with zero attached hydrogens (tertiary/aromatic N) is 1. The van der Waals surface area contributed by atoms with Crippen LogP contribution >= 0.6 is 23.2 Å². The number of carbonyl (C=O) groups is 2. The number of ether oxygens (including phenoxy) is 1. The number of hydrogen-bond donors (Lipinski definition) is 1. The number of rotatable bonds is 7. The van der Waals surface area contributed by atoms with E-state index in [0.717, 1.165) is 11.1 Å². The van der Waals surface area contributed by atoms with Crippen molar-refractivity contribution in [1.82, 2.24) is 10.2 Å². The molecule has 0 radical (unpaired) electrons. The molecule has 5 nitrogen and oxygen atoms in total. The molecule has 2 aromatic carbocycles. The van der Waals surface area contributed by atoms with Gasteiger partial charge in [0.25, 0.3) is 5.91 Å². The van der Waals surface area contributed by atoms with Gasteiger partial charge in [0.1, 0.15) is 11.8 Å². The van der Waals surface area contributed by atoms with Crippen LogP contribution in [-0.4, -0.2) is 34.9 Å². The zero-order chi connectivity index (χ0) is 22.5. The van der Waals surface area contributed by atoms with E-state index in [9.17, 15) is 9.59 Å². The van der Waals surface area contributed by atoms with Gasteiger partial charge >= 0.3 is 0 Å². The van der Waals surface area contributed by atoms with Crippen LogP contribution in [0.4, 0.5) is 0 Å². The fourth-order valence-electron chi connectivity index (χ4n) is 2.84. The summed E-state index contributed by atoms with van der Waals surface area (Å²) in [5.74, 6) is -0.188. The Morgan fingerprint density at radius 1 is 1.13 bits per heavy atom.